The molecule has 0 aliphatic heterocycles. The van der Waals surface area contributed by atoms with E-state index in [-0.39, 0.29) is 5.97 Å². The van der Waals surface area contributed by atoms with Crippen LogP contribution in [0.3, 0.4) is 0 Å². The highest BCUT2D eigenvalue weighted by molar-refractivity contribution is 5.94. The smallest absolute Gasteiger partial charge is 0.407 e. The number of nitrogens with zero attached hydrogens (tertiary/aromatic N) is 1. The molecule has 0 aliphatic carbocycles. The number of benzene rings is 1. The van der Waals surface area contributed by atoms with Gasteiger partial charge in [-0.2, -0.15) is 0 Å². The number of rotatable bonds is 4. The Labute approximate surface area is 135 Å². The number of hydrogen-bond donors (Lipinski definition) is 1. The molecule has 6 heteroatoms. The van der Waals surface area contributed by atoms with Crippen molar-refractivity contribution in [3.8, 4) is 0 Å². The molecule has 1 aromatic heterocycles. The summed E-state index contributed by atoms with van der Waals surface area (Å²) in [6.07, 6.45) is 1.48. The van der Waals surface area contributed by atoms with E-state index < -0.39 is 11.7 Å². The van der Waals surface area contributed by atoms with Gasteiger partial charge in [-0.3, -0.25) is 0 Å². The van der Waals surface area contributed by atoms with Crippen molar-refractivity contribution < 1.29 is 19.1 Å². The van der Waals surface area contributed by atoms with Crippen LogP contribution < -0.4 is 5.32 Å². The van der Waals surface area contributed by atoms with Crippen LogP contribution in [0.2, 0.25) is 0 Å². The topological polar surface area (TPSA) is 69.6 Å². The molecule has 23 heavy (non-hydrogen) atoms. The first-order chi connectivity index (χ1) is 10.8. The summed E-state index contributed by atoms with van der Waals surface area (Å²) < 4.78 is 11.9. The van der Waals surface area contributed by atoms with Crippen molar-refractivity contribution >= 4 is 23.0 Å². The first kappa shape index (κ1) is 16.9. The molecule has 0 unspecified atom stereocenters. The SMILES string of the molecule is COC(=O)c1ccc2ccn(CCNC(=O)OC(C)(C)C)c2c1. The number of esters is 1. The van der Waals surface area contributed by atoms with Gasteiger partial charge in [-0.05, 0) is 44.4 Å². The molecule has 1 amide bonds. The van der Waals surface area contributed by atoms with E-state index in [9.17, 15) is 9.59 Å². The lowest BCUT2D eigenvalue weighted by atomic mass is 10.1. The monoisotopic (exact) mass is 318 g/mol. The van der Waals surface area contributed by atoms with E-state index in [1.54, 1.807) is 12.1 Å². The molecule has 0 saturated carbocycles. The van der Waals surface area contributed by atoms with Gasteiger partial charge >= 0.3 is 12.1 Å². The average Bonchev–Trinajstić information content (AvgIpc) is 2.87. The van der Waals surface area contributed by atoms with Crippen molar-refractivity contribution in [3.63, 3.8) is 0 Å². The number of carbonyl (C=O) groups excluding carboxylic acids is 2. The van der Waals surface area contributed by atoms with Crippen molar-refractivity contribution in [1.29, 1.82) is 0 Å². The first-order valence-corrected chi connectivity index (χ1v) is 7.44. The molecule has 0 aliphatic rings. The Morgan fingerprint density at radius 2 is 1.96 bits per heavy atom. The maximum atomic E-state index is 11.6. The average molecular weight is 318 g/mol. The van der Waals surface area contributed by atoms with Crippen LogP contribution in [-0.4, -0.2) is 35.9 Å². The molecule has 0 radical (unpaired) electrons. The molecule has 0 bridgehead atoms. The number of carbonyl (C=O) groups is 2. The maximum Gasteiger partial charge on any atom is 0.407 e. The second-order valence-corrected chi connectivity index (χ2v) is 6.20. The fourth-order valence-electron chi connectivity index (χ4n) is 2.22. The van der Waals surface area contributed by atoms with Gasteiger partial charge in [0.2, 0.25) is 0 Å². The zero-order valence-electron chi connectivity index (χ0n) is 13.9. The van der Waals surface area contributed by atoms with Gasteiger partial charge in [0.15, 0.2) is 0 Å². The van der Waals surface area contributed by atoms with Gasteiger partial charge in [0.05, 0.1) is 12.7 Å². The van der Waals surface area contributed by atoms with E-state index in [4.69, 9.17) is 9.47 Å². The first-order valence-electron chi connectivity index (χ1n) is 7.44. The molecular formula is C17H22N2O4. The van der Waals surface area contributed by atoms with Gasteiger partial charge in [-0.25, -0.2) is 9.59 Å². The highest BCUT2D eigenvalue weighted by atomic mass is 16.6. The number of hydrogen-bond acceptors (Lipinski definition) is 4. The Hall–Kier alpha value is -2.50. The Kier molecular flexibility index (Phi) is 4.93. The highest BCUT2D eigenvalue weighted by Gasteiger charge is 2.15. The Balaban J connectivity index is 2.03. The number of nitrogens with one attached hydrogen (secondary N) is 1. The summed E-state index contributed by atoms with van der Waals surface area (Å²) in [6, 6.07) is 7.36. The van der Waals surface area contributed by atoms with Crippen LogP contribution in [0.1, 0.15) is 31.1 Å². The molecule has 0 spiro atoms. The minimum absolute atomic E-state index is 0.369. The predicted molar refractivity (Wildman–Crippen MR) is 87.5 cm³/mol. The number of aromatic nitrogens is 1. The number of ether oxygens (including phenoxy) is 2. The molecule has 1 aromatic carbocycles. The summed E-state index contributed by atoms with van der Waals surface area (Å²) in [5.74, 6) is -0.369. The van der Waals surface area contributed by atoms with Crippen molar-refractivity contribution in [3.05, 3.63) is 36.0 Å². The summed E-state index contributed by atoms with van der Waals surface area (Å²) in [7, 11) is 1.36. The fourth-order valence-corrected chi connectivity index (χ4v) is 2.22. The molecule has 0 saturated heterocycles. The van der Waals surface area contributed by atoms with E-state index in [0.29, 0.717) is 18.7 Å². The highest BCUT2D eigenvalue weighted by Crippen LogP contribution is 2.18. The molecule has 1 N–H and O–H groups in total. The summed E-state index contributed by atoms with van der Waals surface area (Å²) in [4.78, 5) is 23.3. The second-order valence-electron chi connectivity index (χ2n) is 6.20. The number of amides is 1. The summed E-state index contributed by atoms with van der Waals surface area (Å²) >= 11 is 0. The van der Waals surface area contributed by atoms with Gasteiger partial charge in [-0.1, -0.05) is 6.07 Å². The van der Waals surface area contributed by atoms with Gasteiger partial charge < -0.3 is 19.4 Å². The zero-order valence-corrected chi connectivity index (χ0v) is 13.9. The van der Waals surface area contributed by atoms with Gasteiger partial charge in [0.1, 0.15) is 5.60 Å². The largest absolute Gasteiger partial charge is 0.465 e. The summed E-state index contributed by atoms with van der Waals surface area (Å²) in [6.45, 7) is 6.47. The number of alkyl carbamates (subject to hydrolysis) is 1. The van der Waals surface area contributed by atoms with E-state index in [2.05, 4.69) is 5.32 Å². The third-order valence-electron chi connectivity index (χ3n) is 3.22. The quantitative estimate of drug-likeness (QED) is 0.880. The lowest BCUT2D eigenvalue weighted by molar-refractivity contribution is 0.0525. The fraction of sp³-hybridized carbons (Fsp3) is 0.412. The third kappa shape index (κ3) is 4.48. The van der Waals surface area contributed by atoms with Gasteiger partial charge in [0.25, 0.3) is 0 Å². The lowest BCUT2D eigenvalue weighted by Crippen LogP contribution is -2.34. The molecule has 2 aromatic rings. The number of methoxy groups -OCH3 is 1. The van der Waals surface area contributed by atoms with Crippen LogP contribution in [-0.2, 0) is 16.0 Å². The van der Waals surface area contributed by atoms with Crippen LogP contribution in [0.15, 0.2) is 30.5 Å². The van der Waals surface area contributed by atoms with E-state index in [1.165, 1.54) is 7.11 Å². The van der Waals surface area contributed by atoms with Gasteiger partial charge in [-0.15, -0.1) is 0 Å². The zero-order chi connectivity index (χ0) is 17.0. The molecular weight excluding hydrogens is 296 g/mol. The molecule has 1 heterocycles. The van der Waals surface area contributed by atoms with Crippen LogP contribution in [0.25, 0.3) is 10.9 Å². The normalized spacial score (nSPS) is 11.3. The molecule has 2 rings (SSSR count). The van der Waals surface area contributed by atoms with E-state index in [0.717, 1.165) is 10.9 Å². The van der Waals surface area contributed by atoms with Crippen LogP contribution in [0, 0.1) is 0 Å². The Bertz CT molecular complexity index is 713. The van der Waals surface area contributed by atoms with Crippen molar-refractivity contribution in [2.75, 3.05) is 13.7 Å². The van der Waals surface area contributed by atoms with E-state index >= 15 is 0 Å². The van der Waals surface area contributed by atoms with Crippen LogP contribution in [0.4, 0.5) is 4.79 Å². The number of fused-ring (bicyclic) bond motifs is 1. The minimum atomic E-state index is -0.514. The Morgan fingerprint density at radius 3 is 2.61 bits per heavy atom. The third-order valence-corrected chi connectivity index (χ3v) is 3.22. The molecule has 0 atom stereocenters. The molecule has 6 nitrogen and oxygen atoms in total. The standard InChI is InChI=1S/C17H22N2O4/c1-17(2,3)23-16(21)18-8-10-19-9-7-12-5-6-13(11-14(12)19)15(20)22-4/h5-7,9,11H,8,10H2,1-4H3,(H,18,21). The van der Waals surface area contributed by atoms with Gasteiger partial charge in [0, 0.05) is 24.8 Å². The molecule has 124 valence electrons. The second kappa shape index (κ2) is 6.73. The maximum absolute atomic E-state index is 11.6. The van der Waals surface area contributed by atoms with Crippen molar-refractivity contribution in [2.45, 2.75) is 32.9 Å². The van der Waals surface area contributed by atoms with Crippen molar-refractivity contribution in [2.24, 2.45) is 0 Å². The minimum Gasteiger partial charge on any atom is -0.465 e. The summed E-state index contributed by atoms with van der Waals surface area (Å²) in [5, 5.41) is 3.74. The van der Waals surface area contributed by atoms with Crippen LogP contribution >= 0.6 is 0 Å². The molecule has 0 fully saturated rings. The lowest BCUT2D eigenvalue weighted by Gasteiger charge is -2.19. The summed E-state index contributed by atoms with van der Waals surface area (Å²) in [5.41, 5.74) is 0.901. The van der Waals surface area contributed by atoms with Crippen LogP contribution in [0.5, 0.6) is 0 Å². The predicted octanol–water partition coefficient (Wildman–Crippen LogP) is 2.95. The Morgan fingerprint density at radius 1 is 1.22 bits per heavy atom. The van der Waals surface area contributed by atoms with E-state index in [1.807, 2.05) is 43.7 Å². The van der Waals surface area contributed by atoms with Crippen molar-refractivity contribution in [1.82, 2.24) is 9.88 Å².